The van der Waals surface area contributed by atoms with Crippen LogP contribution in [0.15, 0.2) is 58.2 Å². The van der Waals surface area contributed by atoms with Crippen molar-refractivity contribution in [2.24, 2.45) is 0 Å². The van der Waals surface area contributed by atoms with Gasteiger partial charge in [0.25, 0.3) is 0 Å². The van der Waals surface area contributed by atoms with Gasteiger partial charge in [-0.1, -0.05) is 30.3 Å². The summed E-state index contributed by atoms with van der Waals surface area (Å²) in [7, 11) is 0. The number of rotatable bonds is 3. The second kappa shape index (κ2) is 5.33. The highest BCUT2D eigenvalue weighted by Crippen LogP contribution is 2.22. The lowest BCUT2D eigenvalue weighted by molar-refractivity contribution is 1.20. The Morgan fingerprint density at radius 3 is 2.53 bits per heavy atom. The summed E-state index contributed by atoms with van der Waals surface area (Å²) in [5.41, 5.74) is 1.34. The van der Waals surface area contributed by atoms with Gasteiger partial charge >= 0.3 is 0 Å². The molecule has 2 rings (SSSR count). The number of halogens is 1. The maximum Gasteiger partial charge on any atom is 0.106 e. The van der Waals surface area contributed by atoms with Crippen molar-refractivity contribution in [2.45, 2.75) is 10.6 Å². The van der Waals surface area contributed by atoms with Crippen LogP contribution in [-0.4, -0.2) is 4.98 Å². The van der Waals surface area contributed by atoms with Crippen molar-refractivity contribution in [1.29, 1.82) is 0 Å². The van der Waals surface area contributed by atoms with Gasteiger partial charge < -0.3 is 0 Å². The fraction of sp³-hybridized carbons (Fsp3) is 0.0833. The molecular weight excluding hydrogens is 270 g/mol. The average Bonchev–Trinajstić information content (AvgIpc) is 2.30. The minimum Gasteiger partial charge on any atom is -0.248 e. The highest BCUT2D eigenvalue weighted by molar-refractivity contribution is 9.10. The fourth-order valence-corrected chi connectivity index (χ4v) is 2.24. The molecule has 0 spiro atoms. The number of hydrogen-bond donors (Lipinski definition) is 0. The van der Waals surface area contributed by atoms with E-state index < -0.39 is 0 Å². The summed E-state index contributed by atoms with van der Waals surface area (Å²) >= 11 is 5.12. The zero-order chi connectivity index (χ0) is 10.5. The quantitative estimate of drug-likeness (QED) is 0.619. The molecule has 76 valence electrons. The Labute approximate surface area is 102 Å². The molecular formula is C12H10BrNS. The van der Waals surface area contributed by atoms with E-state index in [1.807, 2.05) is 18.3 Å². The van der Waals surface area contributed by atoms with Crippen molar-refractivity contribution < 1.29 is 0 Å². The molecule has 0 fully saturated rings. The molecule has 0 bridgehead atoms. The first kappa shape index (κ1) is 10.7. The molecule has 2 aromatic rings. The number of hydrogen-bond acceptors (Lipinski definition) is 2. The molecule has 3 heteroatoms. The van der Waals surface area contributed by atoms with Crippen molar-refractivity contribution >= 4 is 27.7 Å². The largest absolute Gasteiger partial charge is 0.248 e. The Morgan fingerprint density at radius 2 is 1.87 bits per heavy atom. The van der Waals surface area contributed by atoms with E-state index in [-0.39, 0.29) is 0 Å². The second-order valence-corrected chi connectivity index (χ2v) is 4.95. The molecule has 15 heavy (non-hydrogen) atoms. The number of thioether (sulfide) groups is 1. The standard InChI is InChI=1S/C12H10BrNS/c13-12-7-6-11(8-14-12)15-9-10-4-2-1-3-5-10/h1-8H,9H2. The van der Waals surface area contributed by atoms with Gasteiger partial charge in [0, 0.05) is 16.8 Å². The summed E-state index contributed by atoms with van der Waals surface area (Å²) in [6, 6.07) is 14.5. The average molecular weight is 280 g/mol. The van der Waals surface area contributed by atoms with E-state index in [0.717, 1.165) is 10.4 Å². The second-order valence-electron chi connectivity index (χ2n) is 3.09. The van der Waals surface area contributed by atoms with E-state index in [4.69, 9.17) is 0 Å². The van der Waals surface area contributed by atoms with Gasteiger partial charge in [-0.25, -0.2) is 4.98 Å². The first-order valence-corrected chi connectivity index (χ1v) is 6.41. The summed E-state index contributed by atoms with van der Waals surface area (Å²) in [6.07, 6.45) is 1.89. The lowest BCUT2D eigenvalue weighted by Gasteiger charge is -2.01. The molecule has 0 aliphatic rings. The molecule has 0 radical (unpaired) electrons. The molecule has 1 heterocycles. The van der Waals surface area contributed by atoms with Crippen LogP contribution in [0.2, 0.25) is 0 Å². The minimum absolute atomic E-state index is 0.881. The third kappa shape index (κ3) is 3.36. The Morgan fingerprint density at radius 1 is 1.07 bits per heavy atom. The van der Waals surface area contributed by atoms with Crippen molar-refractivity contribution in [3.63, 3.8) is 0 Å². The molecule has 0 N–H and O–H groups in total. The Kier molecular flexibility index (Phi) is 3.80. The van der Waals surface area contributed by atoms with E-state index >= 15 is 0 Å². The first-order valence-electron chi connectivity index (χ1n) is 4.63. The smallest absolute Gasteiger partial charge is 0.106 e. The molecule has 0 aliphatic carbocycles. The maximum absolute atomic E-state index is 4.19. The zero-order valence-electron chi connectivity index (χ0n) is 8.06. The van der Waals surface area contributed by atoms with Gasteiger partial charge in [-0.2, -0.15) is 0 Å². The van der Waals surface area contributed by atoms with Crippen LogP contribution in [-0.2, 0) is 5.75 Å². The maximum atomic E-state index is 4.19. The van der Waals surface area contributed by atoms with Gasteiger partial charge in [0.05, 0.1) is 0 Å². The molecule has 1 nitrogen and oxygen atoms in total. The monoisotopic (exact) mass is 279 g/mol. The third-order valence-corrected chi connectivity index (χ3v) is 3.47. The van der Waals surface area contributed by atoms with Crippen LogP contribution in [0, 0.1) is 0 Å². The van der Waals surface area contributed by atoms with Gasteiger partial charge in [0.2, 0.25) is 0 Å². The molecule has 0 amide bonds. The van der Waals surface area contributed by atoms with Crippen molar-refractivity contribution in [3.05, 3.63) is 58.8 Å². The topological polar surface area (TPSA) is 12.9 Å². The molecule has 0 saturated heterocycles. The van der Waals surface area contributed by atoms with Crippen LogP contribution in [0.5, 0.6) is 0 Å². The predicted octanol–water partition coefficient (Wildman–Crippen LogP) is 4.14. The predicted molar refractivity (Wildman–Crippen MR) is 67.9 cm³/mol. The summed E-state index contributed by atoms with van der Waals surface area (Å²) in [4.78, 5) is 5.38. The summed E-state index contributed by atoms with van der Waals surface area (Å²) < 4.78 is 0.881. The minimum atomic E-state index is 0.881. The molecule has 0 saturated carbocycles. The van der Waals surface area contributed by atoms with Crippen molar-refractivity contribution in [2.75, 3.05) is 0 Å². The van der Waals surface area contributed by atoms with Gasteiger partial charge in [-0.05, 0) is 33.6 Å². The van der Waals surface area contributed by atoms with Gasteiger partial charge in [0.1, 0.15) is 4.60 Å². The van der Waals surface area contributed by atoms with E-state index in [1.54, 1.807) is 11.8 Å². The summed E-state index contributed by atoms with van der Waals surface area (Å²) in [5.74, 6) is 0.990. The van der Waals surface area contributed by atoms with Crippen LogP contribution < -0.4 is 0 Å². The SMILES string of the molecule is Brc1ccc(SCc2ccccc2)cn1. The molecule has 0 aliphatic heterocycles. The normalized spacial score (nSPS) is 10.2. The number of pyridine rings is 1. The highest BCUT2D eigenvalue weighted by atomic mass is 79.9. The van der Waals surface area contributed by atoms with Crippen LogP contribution in [0.4, 0.5) is 0 Å². The lowest BCUT2D eigenvalue weighted by atomic mass is 10.2. The van der Waals surface area contributed by atoms with Gasteiger partial charge in [-0.15, -0.1) is 11.8 Å². The Bertz CT molecular complexity index is 413. The van der Waals surface area contributed by atoms with E-state index in [2.05, 4.69) is 51.2 Å². The Balaban J connectivity index is 1.96. The van der Waals surface area contributed by atoms with Gasteiger partial charge in [0.15, 0.2) is 0 Å². The van der Waals surface area contributed by atoms with Gasteiger partial charge in [-0.3, -0.25) is 0 Å². The van der Waals surface area contributed by atoms with E-state index in [9.17, 15) is 0 Å². The summed E-state index contributed by atoms with van der Waals surface area (Å²) in [6.45, 7) is 0. The Hall–Kier alpha value is -0.800. The molecule has 1 aromatic heterocycles. The fourth-order valence-electron chi connectivity index (χ4n) is 1.19. The van der Waals surface area contributed by atoms with Crippen LogP contribution in [0.25, 0.3) is 0 Å². The number of aromatic nitrogens is 1. The number of benzene rings is 1. The highest BCUT2D eigenvalue weighted by Gasteiger charge is 1.96. The zero-order valence-corrected chi connectivity index (χ0v) is 10.5. The van der Waals surface area contributed by atoms with Crippen molar-refractivity contribution in [3.8, 4) is 0 Å². The number of nitrogens with zero attached hydrogens (tertiary/aromatic N) is 1. The summed E-state index contributed by atoms with van der Waals surface area (Å²) in [5, 5.41) is 0. The lowest BCUT2D eigenvalue weighted by Crippen LogP contribution is -1.80. The molecule has 0 atom stereocenters. The van der Waals surface area contributed by atoms with E-state index in [1.165, 1.54) is 10.5 Å². The molecule has 0 unspecified atom stereocenters. The van der Waals surface area contributed by atoms with Crippen molar-refractivity contribution in [1.82, 2.24) is 4.98 Å². The van der Waals surface area contributed by atoms with Crippen LogP contribution in [0.3, 0.4) is 0 Å². The first-order chi connectivity index (χ1) is 7.34. The molecule has 1 aromatic carbocycles. The van der Waals surface area contributed by atoms with Crippen LogP contribution >= 0.6 is 27.7 Å². The van der Waals surface area contributed by atoms with E-state index in [0.29, 0.717) is 0 Å². The third-order valence-electron chi connectivity index (χ3n) is 1.95. The van der Waals surface area contributed by atoms with Crippen LogP contribution in [0.1, 0.15) is 5.56 Å².